The van der Waals surface area contributed by atoms with E-state index >= 15 is 0 Å². The van der Waals surface area contributed by atoms with Crippen molar-refractivity contribution in [1.82, 2.24) is 19.9 Å². The van der Waals surface area contributed by atoms with Crippen LogP contribution in [0.3, 0.4) is 0 Å². The number of hydrogen-bond acceptors (Lipinski definition) is 12. The molecule has 14 nitrogen and oxygen atoms in total. The summed E-state index contributed by atoms with van der Waals surface area (Å²) < 4.78 is 16.7. The van der Waals surface area contributed by atoms with Crippen molar-refractivity contribution in [1.29, 1.82) is 0 Å². The quantitative estimate of drug-likeness (QED) is 0.0512. The molecule has 9 aromatic rings. The minimum Gasteiger partial charge on any atom is -0.508 e. The van der Waals surface area contributed by atoms with Gasteiger partial charge in [-0.1, -0.05) is 115 Å². The van der Waals surface area contributed by atoms with E-state index in [9.17, 15) is 24.9 Å². The van der Waals surface area contributed by atoms with Crippen molar-refractivity contribution in [3.05, 3.63) is 228 Å². The fourth-order valence-electron chi connectivity index (χ4n) is 7.34. The van der Waals surface area contributed by atoms with Crippen LogP contribution < -0.4 is 15.4 Å². The van der Waals surface area contributed by atoms with Gasteiger partial charge in [-0.15, -0.1) is 0 Å². The lowest BCUT2D eigenvalue weighted by Gasteiger charge is -2.17. The predicted octanol–water partition coefficient (Wildman–Crippen LogP) is 10.2. The lowest BCUT2D eigenvalue weighted by molar-refractivity contribution is -0.138. The van der Waals surface area contributed by atoms with Gasteiger partial charge in [0.05, 0.1) is 47.7 Å². The fourth-order valence-corrected chi connectivity index (χ4v) is 7.34. The number of rotatable bonds is 19. The molecule has 346 valence electrons. The van der Waals surface area contributed by atoms with E-state index in [1.165, 1.54) is 12.5 Å². The number of nitrogens with zero attached hydrogens (tertiary/aromatic N) is 4. The van der Waals surface area contributed by atoms with E-state index in [4.69, 9.17) is 23.5 Å². The van der Waals surface area contributed by atoms with Gasteiger partial charge in [0.2, 0.25) is 0 Å². The number of phenols is 1. The van der Waals surface area contributed by atoms with E-state index in [1.54, 1.807) is 54.9 Å². The Hall–Kier alpha value is -9.04. The molecule has 0 aliphatic carbocycles. The lowest BCUT2D eigenvalue weighted by Crippen LogP contribution is -2.32. The third kappa shape index (κ3) is 13.3. The summed E-state index contributed by atoms with van der Waals surface area (Å²) in [7, 11) is 0. The molecule has 14 heteroatoms. The largest absolute Gasteiger partial charge is 0.508 e. The second-order valence-corrected chi connectivity index (χ2v) is 15.9. The van der Waals surface area contributed by atoms with Crippen molar-refractivity contribution in [2.24, 2.45) is 0 Å². The van der Waals surface area contributed by atoms with Gasteiger partial charge < -0.3 is 39.5 Å². The van der Waals surface area contributed by atoms with Gasteiger partial charge in [0, 0.05) is 36.8 Å². The maximum absolute atomic E-state index is 12.0. The van der Waals surface area contributed by atoms with Crippen LogP contribution in [0, 0.1) is 0 Å². The van der Waals surface area contributed by atoms with E-state index < -0.39 is 24.0 Å². The number of furan rings is 2. The first kappa shape index (κ1) is 46.5. The number of phenolic OH excluding ortho intramolecular Hbond substituents is 1. The zero-order valence-electron chi connectivity index (χ0n) is 37.3. The second kappa shape index (κ2) is 22.9. The molecule has 4 heterocycles. The highest BCUT2D eigenvalue weighted by atomic mass is 16.5. The van der Waals surface area contributed by atoms with E-state index in [-0.39, 0.29) is 18.6 Å². The number of aromatic hydroxyl groups is 1. The highest BCUT2D eigenvalue weighted by Gasteiger charge is 2.24. The number of ether oxygens (including phenoxy) is 1. The first-order valence-corrected chi connectivity index (χ1v) is 22.1. The Labute approximate surface area is 398 Å². The number of carboxylic acid groups (broad SMARTS) is 2. The summed E-state index contributed by atoms with van der Waals surface area (Å²) in [4.78, 5) is 42.6. The Bertz CT molecular complexity index is 3040. The second-order valence-electron chi connectivity index (χ2n) is 15.9. The van der Waals surface area contributed by atoms with Gasteiger partial charge in [-0.25, -0.2) is 29.5 Å². The van der Waals surface area contributed by atoms with Crippen LogP contribution in [-0.4, -0.2) is 59.3 Å². The van der Waals surface area contributed by atoms with E-state index in [1.807, 2.05) is 121 Å². The predicted molar refractivity (Wildman–Crippen MR) is 261 cm³/mol. The van der Waals surface area contributed by atoms with Crippen LogP contribution in [0.5, 0.6) is 11.5 Å². The van der Waals surface area contributed by atoms with Gasteiger partial charge in [-0.05, 0) is 65.2 Å². The number of nitrogens with one attached hydrogen (secondary N) is 2. The number of anilines is 2. The normalized spacial score (nSPS) is 11.7. The molecule has 9 rings (SSSR count). The molecule has 0 spiro atoms. The van der Waals surface area contributed by atoms with E-state index in [0.717, 1.165) is 33.6 Å². The summed E-state index contributed by atoms with van der Waals surface area (Å²) in [6.45, 7) is 0.463. The molecule has 0 aliphatic heterocycles. The minimum atomic E-state index is -1.01. The Balaban J connectivity index is 0.000000190. The summed E-state index contributed by atoms with van der Waals surface area (Å²) in [5.41, 5.74) is 7.24. The third-order valence-corrected chi connectivity index (χ3v) is 10.8. The molecular formula is C55H48N6O8. The van der Waals surface area contributed by atoms with E-state index in [2.05, 4.69) is 20.6 Å². The van der Waals surface area contributed by atoms with Crippen molar-refractivity contribution < 1.29 is 38.5 Å². The van der Waals surface area contributed by atoms with Crippen LogP contribution in [-0.2, 0) is 41.9 Å². The Morgan fingerprint density at radius 1 is 0.536 bits per heavy atom. The number of hydrogen-bond donors (Lipinski definition) is 5. The van der Waals surface area contributed by atoms with Crippen molar-refractivity contribution in [2.75, 3.05) is 10.6 Å². The van der Waals surface area contributed by atoms with Gasteiger partial charge in [0.15, 0.2) is 0 Å². The molecule has 5 N–H and O–H groups in total. The standard InChI is InChI=1S/C31H27N3O4.C24H21N3O4/c35-31(36)28(19-26-15-8-16-37-26)34-30-27(17-22-9-3-1-4-10-22)33-29(20-32-30)24-13-7-14-25(18-24)38-21-23-11-5-2-6-12-23;28-18-9-4-8-17(13-18)22-15-25-23(20(26-22)12-16-6-2-1-3-7-16)27-21(24(29)30)14-19-10-5-11-31-19/h1-16,18,20,28H,17,19,21H2,(H,32,34)(H,35,36);1-11,13,15,21,28H,12,14H2,(H,25,27)(H,29,30). The maximum Gasteiger partial charge on any atom is 0.326 e. The van der Waals surface area contributed by atoms with Crippen LogP contribution in [0.2, 0.25) is 0 Å². The van der Waals surface area contributed by atoms with Gasteiger partial charge >= 0.3 is 11.9 Å². The van der Waals surface area contributed by atoms with Crippen LogP contribution >= 0.6 is 0 Å². The Morgan fingerprint density at radius 2 is 1.00 bits per heavy atom. The molecule has 0 saturated carbocycles. The van der Waals surface area contributed by atoms with Gasteiger partial charge in [0.25, 0.3) is 0 Å². The monoisotopic (exact) mass is 920 g/mol. The van der Waals surface area contributed by atoms with Gasteiger partial charge in [-0.2, -0.15) is 0 Å². The van der Waals surface area contributed by atoms with Crippen LogP contribution in [0.4, 0.5) is 11.6 Å². The van der Waals surface area contributed by atoms with Crippen LogP contribution in [0.1, 0.15) is 39.6 Å². The first-order chi connectivity index (χ1) is 33.7. The molecule has 0 radical (unpaired) electrons. The maximum atomic E-state index is 12.0. The lowest BCUT2D eigenvalue weighted by atomic mass is 10.1. The Kier molecular flexibility index (Phi) is 15.4. The van der Waals surface area contributed by atoms with Crippen molar-refractivity contribution in [3.63, 3.8) is 0 Å². The smallest absolute Gasteiger partial charge is 0.326 e. The number of aromatic nitrogens is 4. The van der Waals surface area contributed by atoms with Crippen molar-refractivity contribution >= 4 is 23.6 Å². The summed E-state index contributed by atoms with van der Waals surface area (Å²) in [5, 5.41) is 35.4. The van der Waals surface area contributed by atoms with Crippen molar-refractivity contribution in [2.45, 2.75) is 44.4 Å². The molecule has 0 fully saturated rings. The molecule has 5 aromatic carbocycles. The number of aliphatic carboxylic acids is 2. The minimum absolute atomic E-state index is 0.135. The average Bonchev–Trinajstić information content (AvgIpc) is 4.10. The summed E-state index contributed by atoms with van der Waals surface area (Å²) in [6.07, 6.45) is 7.56. The third-order valence-electron chi connectivity index (χ3n) is 10.8. The fraction of sp³-hybridized carbons (Fsp3) is 0.127. The molecule has 0 aliphatic rings. The molecule has 4 aromatic heterocycles. The molecule has 2 atom stereocenters. The number of carbonyl (C=O) groups is 2. The molecule has 2 unspecified atom stereocenters. The van der Waals surface area contributed by atoms with Gasteiger partial charge in [0.1, 0.15) is 53.3 Å². The summed E-state index contributed by atoms with van der Waals surface area (Å²) in [6, 6.07) is 49.2. The number of benzene rings is 5. The molecule has 0 saturated heterocycles. The zero-order chi connectivity index (χ0) is 47.8. The van der Waals surface area contributed by atoms with Gasteiger partial charge in [-0.3, -0.25) is 0 Å². The first-order valence-electron chi connectivity index (χ1n) is 22.1. The molecule has 0 bridgehead atoms. The molecular weight excluding hydrogens is 873 g/mol. The highest BCUT2D eigenvalue weighted by molar-refractivity contribution is 5.78. The Morgan fingerprint density at radius 3 is 1.45 bits per heavy atom. The summed E-state index contributed by atoms with van der Waals surface area (Å²) >= 11 is 0. The van der Waals surface area contributed by atoms with Crippen molar-refractivity contribution in [3.8, 4) is 34.0 Å². The van der Waals surface area contributed by atoms with E-state index in [0.29, 0.717) is 65.4 Å². The average molecular weight is 921 g/mol. The molecule has 0 amide bonds. The SMILES string of the molecule is O=C(O)C(Cc1ccco1)Nc1ncc(-c2cccc(O)c2)nc1Cc1ccccc1.O=C(O)C(Cc1ccco1)Nc1ncc(-c2cccc(OCc3ccccc3)c2)nc1Cc1ccccc1. The van der Waals surface area contributed by atoms with Crippen LogP contribution in [0.25, 0.3) is 22.5 Å². The van der Waals surface area contributed by atoms with Crippen LogP contribution in [0.15, 0.2) is 198 Å². The highest BCUT2D eigenvalue weighted by Crippen LogP contribution is 2.28. The number of carboxylic acids is 2. The summed E-state index contributed by atoms with van der Waals surface area (Å²) in [5.74, 6) is 0.807. The molecule has 69 heavy (non-hydrogen) atoms. The zero-order valence-corrected chi connectivity index (χ0v) is 37.3. The topological polar surface area (TPSA) is 206 Å².